The molecule has 0 saturated heterocycles. The first-order valence-electron chi connectivity index (χ1n) is 5.73. The van der Waals surface area contributed by atoms with Crippen LogP contribution in [0.4, 0.5) is 5.69 Å². The van der Waals surface area contributed by atoms with Crippen molar-refractivity contribution in [2.45, 2.75) is 20.0 Å². The molecule has 18 heavy (non-hydrogen) atoms. The first kappa shape index (κ1) is 12.2. The molecule has 2 aromatic rings. The van der Waals surface area contributed by atoms with Gasteiger partial charge in [0.1, 0.15) is 6.54 Å². The molecule has 2 rings (SSSR count). The Labute approximate surface area is 106 Å². The molecule has 0 fully saturated rings. The minimum atomic E-state index is -0.0837. The van der Waals surface area contributed by atoms with Crippen molar-refractivity contribution >= 4 is 11.6 Å². The Morgan fingerprint density at radius 2 is 2.33 bits per heavy atom. The summed E-state index contributed by atoms with van der Waals surface area (Å²) in [7, 11) is 0. The summed E-state index contributed by atoms with van der Waals surface area (Å²) in [4.78, 5) is 11.7. The van der Waals surface area contributed by atoms with E-state index in [-0.39, 0.29) is 12.5 Å². The average molecular weight is 244 g/mol. The average Bonchev–Trinajstić information content (AvgIpc) is 2.72. The van der Waals surface area contributed by atoms with E-state index in [1.165, 1.54) is 16.4 Å². The number of nitrogens with two attached hydrogens (primary N) is 1. The van der Waals surface area contributed by atoms with E-state index < -0.39 is 0 Å². The number of nitrogens with one attached hydrogen (secondary N) is 1. The van der Waals surface area contributed by atoms with Gasteiger partial charge in [-0.25, -0.2) is 0 Å². The number of rotatable bonds is 4. The van der Waals surface area contributed by atoms with Crippen LogP contribution in [0.1, 0.15) is 11.1 Å². The zero-order chi connectivity index (χ0) is 13.0. The Morgan fingerprint density at radius 3 is 3.00 bits per heavy atom. The topological polar surface area (TPSA) is 72.9 Å². The predicted molar refractivity (Wildman–Crippen MR) is 69.7 cm³/mol. The SMILES string of the molecule is Cc1cccc(CNC(=O)Cn2cc(N)cn2)c1. The number of aromatic nitrogens is 2. The van der Waals surface area contributed by atoms with Gasteiger partial charge in [0.05, 0.1) is 11.9 Å². The van der Waals surface area contributed by atoms with Gasteiger partial charge >= 0.3 is 0 Å². The number of hydrogen-bond donors (Lipinski definition) is 2. The molecule has 1 amide bonds. The second-order valence-electron chi connectivity index (χ2n) is 4.24. The summed E-state index contributed by atoms with van der Waals surface area (Å²) in [5, 5.41) is 6.80. The Morgan fingerprint density at radius 1 is 1.50 bits per heavy atom. The number of benzene rings is 1. The van der Waals surface area contributed by atoms with Gasteiger partial charge in [-0.2, -0.15) is 5.10 Å². The van der Waals surface area contributed by atoms with Crippen molar-refractivity contribution in [3.8, 4) is 0 Å². The number of hydrogen-bond acceptors (Lipinski definition) is 3. The summed E-state index contributed by atoms with van der Waals surface area (Å²) < 4.78 is 1.51. The number of aryl methyl sites for hydroxylation is 1. The van der Waals surface area contributed by atoms with E-state index >= 15 is 0 Å². The van der Waals surface area contributed by atoms with Crippen molar-refractivity contribution in [3.05, 3.63) is 47.8 Å². The number of amides is 1. The Balaban J connectivity index is 1.85. The molecule has 3 N–H and O–H groups in total. The Bertz CT molecular complexity index is 547. The van der Waals surface area contributed by atoms with Crippen LogP contribution >= 0.6 is 0 Å². The molecule has 0 bridgehead atoms. The highest BCUT2D eigenvalue weighted by Gasteiger charge is 2.03. The largest absolute Gasteiger partial charge is 0.396 e. The Hall–Kier alpha value is -2.30. The van der Waals surface area contributed by atoms with Crippen LogP contribution in [0.15, 0.2) is 36.7 Å². The quantitative estimate of drug-likeness (QED) is 0.845. The lowest BCUT2D eigenvalue weighted by Crippen LogP contribution is -2.27. The first-order chi connectivity index (χ1) is 8.63. The van der Waals surface area contributed by atoms with E-state index in [0.29, 0.717) is 12.2 Å². The van der Waals surface area contributed by atoms with Gasteiger partial charge in [-0.3, -0.25) is 9.48 Å². The van der Waals surface area contributed by atoms with Gasteiger partial charge in [-0.05, 0) is 12.5 Å². The van der Waals surface area contributed by atoms with Gasteiger partial charge in [0.15, 0.2) is 0 Å². The van der Waals surface area contributed by atoms with Crippen LogP contribution in [0.25, 0.3) is 0 Å². The molecular formula is C13H16N4O. The van der Waals surface area contributed by atoms with Crippen molar-refractivity contribution in [2.24, 2.45) is 0 Å². The first-order valence-corrected chi connectivity index (χ1v) is 5.73. The second kappa shape index (κ2) is 5.35. The Kier molecular flexibility index (Phi) is 3.62. The second-order valence-corrected chi connectivity index (χ2v) is 4.24. The number of nitrogen functional groups attached to an aromatic ring is 1. The molecule has 0 atom stereocenters. The fourth-order valence-corrected chi connectivity index (χ4v) is 1.69. The summed E-state index contributed by atoms with van der Waals surface area (Å²) >= 11 is 0. The fourth-order valence-electron chi connectivity index (χ4n) is 1.69. The van der Waals surface area contributed by atoms with Crippen LogP contribution in [0, 0.1) is 6.92 Å². The fraction of sp³-hybridized carbons (Fsp3) is 0.231. The molecule has 0 saturated carbocycles. The number of nitrogens with zero attached hydrogens (tertiary/aromatic N) is 2. The van der Waals surface area contributed by atoms with Crippen LogP contribution < -0.4 is 11.1 Å². The molecular weight excluding hydrogens is 228 g/mol. The maximum atomic E-state index is 11.7. The highest BCUT2D eigenvalue weighted by Crippen LogP contribution is 2.03. The van der Waals surface area contributed by atoms with E-state index in [1.54, 1.807) is 6.20 Å². The van der Waals surface area contributed by atoms with Crippen LogP contribution in [0.2, 0.25) is 0 Å². The molecule has 94 valence electrons. The maximum absolute atomic E-state index is 11.7. The number of anilines is 1. The third kappa shape index (κ3) is 3.35. The smallest absolute Gasteiger partial charge is 0.241 e. The van der Waals surface area contributed by atoms with Crippen LogP contribution in [0.5, 0.6) is 0 Å². The summed E-state index contributed by atoms with van der Waals surface area (Å²) in [5.41, 5.74) is 8.35. The zero-order valence-corrected chi connectivity index (χ0v) is 10.3. The van der Waals surface area contributed by atoms with Crippen LogP contribution in [-0.2, 0) is 17.9 Å². The lowest BCUT2D eigenvalue weighted by atomic mass is 10.1. The van der Waals surface area contributed by atoms with Gasteiger partial charge in [0.2, 0.25) is 5.91 Å². The molecule has 0 spiro atoms. The summed E-state index contributed by atoms with van der Waals surface area (Å²) in [6.45, 7) is 2.73. The lowest BCUT2D eigenvalue weighted by molar-refractivity contribution is -0.122. The summed E-state index contributed by atoms with van der Waals surface area (Å²) in [6.07, 6.45) is 3.15. The molecule has 1 aromatic carbocycles. The molecule has 0 aliphatic rings. The van der Waals surface area contributed by atoms with Crippen molar-refractivity contribution < 1.29 is 4.79 Å². The zero-order valence-electron chi connectivity index (χ0n) is 10.3. The van der Waals surface area contributed by atoms with E-state index in [9.17, 15) is 4.79 Å². The van der Waals surface area contributed by atoms with Gasteiger partial charge in [-0.1, -0.05) is 29.8 Å². The molecule has 1 heterocycles. The van der Waals surface area contributed by atoms with E-state index in [4.69, 9.17) is 5.73 Å². The van der Waals surface area contributed by atoms with Gasteiger partial charge in [0, 0.05) is 12.7 Å². The van der Waals surface area contributed by atoms with Gasteiger partial charge in [-0.15, -0.1) is 0 Å². The van der Waals surface area contributed by atoms with Gasteiger partial charge < -0.3 is 11.1 Å². The van der Waals surface area contributed by atoms with Gasteiger partial charge in [0.25, 0.3) is 0 Å². The summed E-state index contributed by atoms with van der Waals surface area (Å²) in [6, 6.07) is 8.04. The minimum absolute atomic E-state index is 0.0837. The van der Waals surface area contributed by atoms with Crippen molar-refractivity contribution in [1.29, 1.82) is 0 Å². The third-order valence-electron chi connectivity index (χ3n) is 2.53. The predicted octanol–water partition coefficient (Wildman–Crippen LogP) is 1.09. The van der Waals surface area contributed by atoms with Crippen molar-refractivity contribution in [2.75, 3.05) is 5.73 Å². The molecule has 0 aliphatic heterocycles. The maximum Gasteiger partial charge on any atom is 0.241 e. The summed E-state index contributed by atoms with van der Waals surface area (Å²) in [5.74, 6) is -0.0837. The molecule has 5 heteroatoms. The van der Waals surface area contributed by atoms with Crippen molar-refractivity contribution in [3.63, 3.8) is 0 Å². The normalized spacial score (nSPS) is 10.3. The van der Waals surface area contributed by atoms with E-state index in [2.05, 4.69) is 10.4 Å². The van der Waals surface area contributed by atoms with E-state index in [0.717, 1.165) is 5.56 Å². The van der Waals surface area contributed by atoms with Crippen LogP contribution in [0.3, 0.4) is 0 Å². The highest BCUT2D eigenvalue weighted by atomic mass is 16.2. The standard InChI is InChI=1S/C13H16N4O/c1-10-3-2-4-11(5-10)6-15-13(18)9-17-8-12(14)7-16-17/h2-5,7-8H,6,9,14H2,1H3,(H,15,18). The molecule has 0 unspecified atom stereocenters. The molecule has 0 aliphatic carbocycles. The number of carbonyl (C=O) groups is 1. The molecule has 0 radical (unpaired) electrons. The molecule has 5 nitrogen and oxygen atoms in total. The van der Waals surface area contributed by atoms with E-state index in [1.807, 2.05) is 31.2 Å². The van der Waals surface area contributed by atoms with Crippen molar-refractivity contribution in [1.82, 2.24) is 15.1 Å². The van der Waals surface area contributed by atoms with Crippen LogP contribution in [-0.4, -0.2) is 15.7 Å². The highest BCUT2D eigenvalue weighted by molar-refractivity contribution is 5.75. The lowest BCUT2D eigenvalue weighted by Gasteiger charge is -2.06. The molecule has 1 aromatic heterocycles. The third-order valence-corrected chi connectivity index (χ3v) is 2.53. The monoisotopic (exact) mass is 244 g/mol. The minimum Gasteiger partial charge on any atom is -0.396 e. The number of carbonyl (C=O) groups excluding carboxylic acids is 1.